The van der Waals surface area contributed by atoms with Gasteiger partial charge in [0.1, 0.15) is 11.3 Å². The van der Waals surface area contributed by atoms with Crippen molar-refractivity contribution in [3.8, 4) is 5.75 Å². The van der Waals surface area contributed by atoms with Gasteiger partial charge in [-0.1, -0.05) is 36.8 Å². The van der Waals surface area contributed by atoms with Crippen LogP contribution >= 0.6 is 0 Å². The molecule has 4 atom stereocenters. The zero-order valence-corrected chi connectivity index (χ0v) is 17.1. The number of ether oxygens (including phenoxy) is 1. The van der Waals surface area contributed by atoms with Crippen molar-refractivity contribution < 1.29 is 24.2 Å². The summed E-state index contributed by atoms with van der Waals surface area (Å²) in [5.74, 6) is -2.87. The van der Waals surface area contributed by atoms with Gasteiger partial charge in [-0.25, -0.2) is 4.90 Å². The maximum atomic E-state index is 13.5. The fourth-order valence-corrected chi connectivity index (χ4v) is 4.76. The molecule has 2 heterocycles. The van der Waals surface area contributed by atoms with Gasteiger partial charge in [-0.3, -0.25) is 19.7 Å². The Morgan fingerprint density at radius 2 is 1.73 bits per heavy atom. The van der Waals surface area contributed by atoms with E-state index in [1.165, 1.54) is 24.1 Å². The van der Waals surface area contributed by atoms with Crippen LogP contribution in [-0.2, 0) is 19.1 Å². The van der Waals surface area contributed by atoms with Gasteiger partial charge in [0, 0.05) is 6.04 Å². The van der Waals surface area contributed by atoms with Gasteiger partial charge in [0.05, 0.1) is 24.6 Å². The van der Waals surface area contributed by atoms with Gasteiger partial charge in [-0.15, -0.1) is 0 Å². The van der Waals surface area contributed by atoms with Crippen LogP contribution in [-0.4, -0.2) is 35.5 Å². The minimum Gasteiger partial charge on any atom is -0.508 e. The van der Waals surface area contributed by atoms with Crippen LogP contribution in [0.2, 0.25) is 0 Å². The van der Waals surface area contributed by atoms with E-state index < -0.39 is 35.3 Å². The second-order valence-electron chi connectivity index (χ2n) is 7.88. The van der Waals surface area contributed by atoms with Crippen molar-refractivity contribution in [1.29, 1.82) is 0 Å². The van der Waals surface area contributed by atoms with Gasteiger partial charge in [-0.2, -0.15) is 0 Å². The molecule has 30 heavy (non-hydrogen) atoms. The molecule has 156 valence electrons. The molecule has 0 aliphatic carbocycles. The predicted molar refractivity (Wildman–Crippen MR) is 110 cm³/mol. The first-order chi connectivity index (χ1) is 14.3. The summed E-state index contributed by atoms with van der Waals surface area (Å²) in [4.78, 5) is 41.1. The smallest absolute Gasteiger partial charge is 0.326 e. The van der Waals surface area contributed by atoms with Crippen LogP contribution in [0.4, 0.5) is 5.69 Å². The van der Waals surface area contributed by atoms with Gasteiger partial charge in [0.25, 0.3) is 0 Å². The number of methoxy groups -OCH3 is 1. The number of phenols is 1. The lowest BCUT2D eigenvalue weighted by atomic mass is 9.78. The highest BCUT2D eigenvalue weighted by Gasteiger charge is 2.68. The van der Waals surface area contributed by atoms with Crippen LogP contribution in [0, 0.1) is 18.8 Å². The Labute approximate surface area is 174 Å². The summed E-state index contributed by atoms with van der Waals surface area (Å²) in [5.41, 5.74) is 0.908. The number of rotatable bonds is 4. The number of fused-ring (bicyclic) bond motifs is 1. The van der Waals surface area contributed by atoms with E-state index in [1.807, 2.05) is 19.1 Å². The molecule has 0 bridgehead atoms. The molecule has 2 aromatic rings. The number of hydrogen-bond donors (Lipinski definition) is 2. The SMILES string of the molecule is CC[C@]1(C(=O)OC)N[C@@H](c2ccc(O)cc2)[C@H]2C(=O)N(c3ccc(C)cc3)C(=O)[C@H]21. The molecule has 0 unspecified atom stereocenters. The largest absolute Gasteiger partial charge is 0.508 e. The Morgan fingerprint density at radius 1 is 1.10 bits per heavy atom. The van der Waals surface area contributed by atoms with Crippen LogP contribution in [0.5, 0.6) is 5.75 Å². The number of carbonyl (C=O) groups excluding carboxylic acids is 3. The lowest BCUT2D eigenvalue weighted by molar-refractivity contribution is -0.152. The normalized spacial score (nSPS) is 28.0. The Balaban J connectivity index is 1.84. The highest BCUT2D eigenvalue weighted by Crippen LogP contribution is 2.51. The minimum atomic E-state index is -1.31. The van der Waals surface area contributed by atoms with E-state index in [2.05, 4.69) is 5.32 Å². The summed E-state index contributed by atoms with van der Waals surface area (Å²) in [6, 6.07) is 13.0. The summed E-state index contributed by atoms with van der Waals surface area (Å²) < 4.78 is 5.06. The van der Waals surface area contributed by atoms with E-state index in [0.29, 0.717) is 11.3 Å². The lowest BCUT2D eigenvalue weighted by Crippen LogP contribution is -2.55. The topological polar surface area (TPSA) is 95.9 Å². The van der Waals surface area contributed by atoms with Gasteiger partial charge >= 0.3 is 5.97 Å². The summed E-state index contributed by atoms with van der Waals surface area (Å²) in [6.07, 6.45) is 0.288. The van der Waals surface area contributed by atoms with Crippen LogP contribution in [0.15, 0.2) is 48.5 Å². The number of carbonyl (C=O) groups is 3. The van der Waals surface area contributed by atoms with Crippen LogP contribution in [0.1, 0.15) is 30.5 Å². The molecule has 0 spiro atoms. The molecular formula is C23H24N2O5. The van der Waals surface area contributed by atoms with Gasteiger partial charge < -0.3 is 9.84 Å². The van der Waals surface area contributed by atoms with Crippen molar-refractivity contribution in [2.75, 3.05) is 12.0 Å². The van der Waals surface area contributed by atoms with E-state index in [1.54, 1.807) is 31.2 Å². The number of nitrogens with zero attached hydrogens (tertiary/aromatic N) is 1. The molecule has 2 fully saturated rings. The monoisotopic (exact) mass is 408 g/mol. The standard InChI is InChI=1S/C23H24N2O5/c1-4-23(22(29)30-3)18-17(19(24-23)14-7-11-16(26)12-8-14)20(27)25(21(18)28)15-9-5-13(2)6-10-15/h5-12,17-19,24,26H,4H2,1-3H3/t17-,18-,19-,23-/m0/s1. The van der Waals surface area contributed by atoms with Crippen molar-refractivity contribution >= 4 is 23.5 Å². The van der Waals surface area contributed by atoms with Crippen molar-refractivity contribution in [3.05, 3.63) is 59.7 Å². The molecule has 7 heteroatoms. The van der Waals surface area contributed by atoms with Gasteiger partial charge in [-0.05, 0) is 43.2 Å². The second-order valence-corrected chi connectivity index (χ2v) is 7.88. The fraction of sp³-hybridized carbons (Fsp3) is 0.348. The van der Waals surface area contributed by atoms with E-state index >= 15 is 0 Å². The molecule has 2 N–H and O–H groups in total. The Bertz CT molecular complexity index is 1000. The second kappa shape index (κ2) is 7.25. The van der Waals surface area contributed by atoms with E-state index in [9.17, 15) is 19.5 Å². The lowest BCUT2D eigenvalue weighted by Gasteiger charge is -2.31. The number of amides is 2. The Hall–Kier alpha value is -3.19. The number of aromatic hydroxyl groups is 1. The summed E-state index contributed by atoms with van der Waals surface area (Å²) >= 11 is 0. The van der Waals surface area contributed by atoms with Crippen LogP contribution in [0.25, 0.3) is 0 Å². The average molecular weight is 408 g/mol. The van der Waals surface area contributed by atoms with Gasteiger partial charge in [0.15, 0.2) is 0 Å². The molecule has 7 nitrogen and oxygen atoms in total. The fourth-order valence-electron chi connectivity index (χ4n) is 4.76. The molecule has 2 aliphatic rings. The Morgan fingerprint density at radius 3 is 2.30 bits per heavy atom. The first-order valence-corrected chi connectivity index (χ1v) is 9.93. The first-order valence-electron chi connectivity index (χ1n) is 9.93. The van der Waals surface area contributed by atoms with E-state index in [-0.39, 0.29) is 18.1 Å². The quantitative estimate of drug-likeness (QED) is 0.596. The number of imide groups is 1. The average Bonchev–Trinajstić information content (AvgIpc) is 3.23. The third-order valence-corrected chi connectivity index (χ3v) is 6.31. The number of hydrogen-bond acceptors (Lipinski definition) is 6. The third-order valence-electron chi connectivity index (χ3n) is 6.31. The zero-order chi connectivity index (χ0) is 21.6. The highest BCUT2D eigenvalue weighted by molar-refractivity contribution is 6.24. The first kappa shape index (κ1) is 20.1. The summed E-state index contributed by atoms with van der Waals surface area (Å²) in [5, 5.41) is 12.9. The van der Waals surface area contributed by atoms with E-state index in [4.69, 9.17) is 4.74 Å². The summed E-state index contributed by atoms with van der Waals surface area (Å²) in [6.45, 7) is 3.72. The van der Waals surface area contributed by atoms with Gasteiger partial charge in [0.2, 0.25) is 11.8 Å². The summed E-state index contributed by atoms with van der Waals surface area (Å²) in [7, 11) is 1.28. The zero-order valence-electron chi connectivity index (χ0n) is 17.1. The maximum absolute atomic E-state index is 13.5. The van der Waals surface area contributed by atoms with Crippen molar-refractivity contribution in [2.24, 2.45) is 11.8 Å². The number of nitrogens with one attached hydrogen (secondary N) is 1. The van der Waals surface area contributed by atoms with Crippen molar-refractivity contribution in [3.63, 3.8) is 0 Å². The molecule has 2 amide bonds. The third kappa shape index (κ3) is 2.81. The molecule has 4 rings (SSSR count). The maximum Gasteiger partial charge on any atom is 0.326 e. The van der Waals surface area contributed by atoms with Crippen molar-refractivity contribution in [2.45, 2.75) is 31.8 Å². The van der Waals surface area contributed by atoms with Crippen LogP contribution in [0.3, 0.4) is 0 Å². The highest BCUT2D eigenvalue weighted by atomic mass is 16.5. The van der Waals surface area contributed by atoms with E-state index in [0.717, 1.165) is 5.56 Å². The molecular weight excluding hydrogens is 384 g/mol. The van der Waals surface area contributed by atoms with Crippen molar-refractivity contribution in [1.82, 2.24) is 5.32 Å². The van der Waals surface area contributed by atoms with Crippen LogP contribution < -0.4 is 10.2 Å². The minimum absolute atomic E-state index is 0.0955. The number of benzene rings is 2. The number of esters is 1. The molecule has 2 aliphatic heterocycles. The number of phenolic OH excluding ortho intramolecular Hbond substituents is 1. The number of aryl methyl sites for hydroxylation is 1. The molecule has 0 saturated carbocycles. The molecule has 2 saturated heterocycles. The molecule has 0 aromatic heterocycles. The predicted octanol–water partition coefficient (Wildman–Crippen LogP) is 2.47. The Kier molecular flexibility index (Phi) is 4.86. The molecule has 0 radical (unpaired) electrons. The number of anilines is 1. The molecule has 2 aromatic carbocycles.